The van der Waals surface area contributed by atoms with Crippen LogP contribution in [0, 0.1) is 5.41 Å². The van der Waals surface area contributed by atoms with E-state index in [1.807, 2.05) is 38.1 Å². The van der Waals surface area contributed by atoms with Gasteiger partial charge in [0.25, 0.3) is 5.91 Å². The minimum absolute atomic E-state index is 0.0846. The van der Waals surface area contributed by atoms with Crippen molar-refractivity contribution < 1.29 is 19.4 Å². The zero-order valence-corrected chi connectivity index (χ0v) is 22.4. The number of nitrogens with one attached hydrogen (secondary N) is 3. The van der Waals surface area contributed by atoms with Gasteiger partial charge in [0.1, 0.15) is 0 Å². The molecule has 1 saturated heterocycles. The van der Waals surface area contributed by atoms with Gasteiger partial charge in [-0.05, 0) is 60.9 Å². The highest BCUT2D eigenvalue weighted by atomic mass is 16.5. The van der Waals surface area contributed by atoms with Crippen molar-refractivity contribution in [2.45, 2.75) is 81.5 Å². The largest absolute Gasteiger partial charge is 0.390 e. The molecule has 1 saturated carbocycles. The lowest BCUT2D eigenvalue weighted by Crippen LogP contribution is -2.62. The van der Waals surface area contributed by atoms with Crippen molar-refractivity contribution in [3.63, 3.8) is 0 Å². The number of rotatable bonds is 9. The van der Waals surface area contributed by atoms with E-state index in [-0.39, 0.29) is 23.2 Å². The number of ether oxygens (including phenoxy) is 1. The van der Waals surface area contributed by atoms with Crippen LogP contribution in [-0.2, 0) is 14.9 Å². The molecule has 3 atom stereocenters. The number of hydrogen-bond acceptors (Lipinski definition) is 5. The van der Waals surface area contributed by atoms with Crippen LogP contribution < -0.4 is 10.6 Å². The normalized spacial score (nSPS) is 23.6. The molecule has 2 fully saturated rings. The molecule has 5 rings (SSSR count). The van der Waals surface area contributed by atoms with Gasteiger partial charge in [-0.1, -0.05) is 50.2 Å². The second kappa shape index (κ2) is 10.2. The van der Waals surface area contributed by atoms with Crippen LogP contribution >= 0.6 is 0 Å². The molecular weight excluding hydrogens is 480 g/mol. The molecule has 8 nitrogen and oxygen atoms in total. The van der Waals surface area contributed by atoms with E-state index in [0.717, 1.165) is 42.4 Å². The first-order chi connectivity index (χ1) is 18.3. The number of aliphatic hydroxyl groups is 1. The molecule has 1 heterocycles. The number of aliphatic hydroxyl groups excluding tert-OH is 1. The molecule has 38 heavy (non-hydrogen) atoms. The van der Waals surface area contributed by atoms with E-state index in [4.69, 9.17) is 10.1 Å². The van der Waals surface area contributed by atoms with E-state index in [1.54, 1.807) is 25.3 Å². The number of nitrogens with zero attached hydrogens (tertiary/aromatic N) is 1. The number of fused-ring (bicyclic) bond motifs is 2. The molecule has 3 aliphatic rings. The molecule has 3 unspecified atom stereocenters. The van der Waals surface area contributed by atoms with Gasteiger partial charge in [-0.15, -0.1) is 0 Å². The maximum absolute atomic E-state index is 13.5. The molecular formula is C30H38N4O4. The Balaban J connectivity index is 1.40. The average Bonchev–Trinajstić information content (AvgIpc) is 3.71. The molecule has 202 valence electrons. The number of carbonyl (C=O) groups is 2. The van der Waals surface area contributed by atoms with Crippen LogP contribution in [0.4, 0.5) is 0 Å². The van der Waals surface area contributed by atoms with Crippen LogP contribution in [-0.4, -0.2) is 53.1 Å². The van der Waals surface area contributed by atoms with Crippen molar-refractivity contribution >= 4 is 17.8 Å². The first kappa shape index (κ1) is 26.4. The fourth-order valence-corrected chi connectivity index (χ4v) is 6.37. The van der Waals surface area contributed by atoms with E-state index in [1.165, 1.54) is 4.90 Å². The number of carbonyl (C=O) groups excluding carboxylic acids is 2. The highest BCUT2D eigenvalue weighted by Gasteiger charge is 2.59. The van der Waals surface area contributed by atoms with E-state index in [9.17, 15) is 14.7 Å². The Bertz CT molecular complexity index is 1220. The van der Waals surface area contributed by atoms with Crippen molar-refractivity contribution in [3.05, 3.63) is 70.8 Å². The van der Waals surface area contributed by atoms with Crippen LogP contribution in [0.15, 0.2) is 48.5 Å². The van der Waals surface area contributed by atoms with Gasteiger partial charge >= 0.3 is 0 Å². The van der Waals surface area contributed by atoms with Gasteiger partial charge in [0.2, 0.25) is 5.91 Å². The highest BCUT2D eigenvalue weighted by molar-refractivity contribution is 6.00. The molecule has 1 aliphatic heterocycles. The van der Waals surface area contributed by atoms with E-state index in [0.29, 0.717) is 25.0 Å². The van der Waals surface area contributed by atoms with E-state index >= 15 is 0 Å². The summed E-state index contributed by atoms with van der Waals surface area (Å²) in [6.45, 7) is 4.46. The van der Waals surface area contributed by atoms with Gasteiger partial charge in [0, 0.05) is 30.2 Å². The quantitative estimate of drug-likeness (QED) is 0.401. The predicted octanol–water partition coefficient (Wildman–Crippen LogP) is 3.96. The summed E-state index contributed by atoms with van der Waals surface area (Å²) in [5.74, 6) is -0.293. The van der Waals surface area contributed by atoms with Crippen molar-refractivity contribution in [2.75, 3.05) is 13.7 Å². The molecule has 1 spiro atoms. The standard InChI is InChI=1S/C30H38N4O4/c1-4-29(5-2)18-24(35)34(28(31)33-29)23(13-16-38-3)19-9-8-10-20(17-19)27(37)32-25-21-11-6-7-12-22(21)30(14-15-30)26(25)36/h6-12,17,23,25-26,36H,4-5,13-16,18H2,1-3H3,(H2,31,33)(H,32,37). The Labute approximate surface area is 224 Å². The summed E-state index contributed by atoms with van der Waals surface area (Å²) in [5, 5.41) is 26.2. The first-order valence-electron chi connectivity index (χ1n) is 13.6. The van der Waals surface area contributed by atoms with Gasteiger partial charge in [-0.2, -0.15) is 0 Å². The Kier molecular flexibility index (Phi) is 7.05. The van der Waals surface area contributed by atoms with Crippen LogP contribution in [0.5, 0.6) is 0 Å². The Morgan fingerprint density at radius 2 is 1.95 bits per heavy atom. The summed E-state index contributed by atoms with van der Waals surface area (Å²) in [4.78, 5) is 28.4. The summed E-state index contributed by atoms with van der Waals surface area (Å²) in [5.41, 5.74) is 2.68. The van der Waals surface area contributed by atoms with Crippen molar-refractivity contribution in [3.8, 4) is 0 Å². The zero-order valence-electron chi connectivity index (χ0n) is 22.4. The summed E-state index contributed by atoms with van der Waals surface area (Å²) in [6, 6.07) is 14.3. The Hall–Kier alpha value is -3.23. The van der Waals surface area contributed by atoms with Crippen molar-refractivity contribution in [1.82, 2.24) is 15.5 Å². The van der Waals surface area contributed by atoms with E-state index in [2.05, 4.69) is 16.7 Å². The zero-order chi connectivity index (χ0) is 27.1. The van der Waals surface area contributed by atoms with Crippen LogP contribution in [0.2, 0.25) is 0 Å². The molecule has 2 aliphatic carbocycles. The fraction of sp³-hybridized carbons (Fsp3) is 0.500. The number of guanidine groups is 1. The Morgan fingerprint density at radius 1 is 1.21 bits per heavy atom. The number of benzene rings is 2. The first-order valence-corrected chi connectivity index (χ1v) is 13.6. The number of hydrogen-bond donors (Lipinski definition) is 4. The van der Waals surface area contributed by atoms with Gasteiger partial charge in [0.15, 0.2) is 5.96 Å². The lowest BCUT2D eigenvalue weighted by molar-refractivity contribution is -0.133. The second-order valence-electron chi connectivity index (χ2n) is 11.0. The third kappa shape index (κ3) is 4.39. The SMILES string of the molecule is CCC1(CC)CC(=O)N(C(CCOC)c2cccc(C(=O)NC3c4ccccc4C4(CC4)C3O)c2)C(=N)N1. The van der Waals surface area contributed by atoms with Gasteiger partial charge < -0.3 is 20.5 Å². The van der Waals surface area contributed by atoms with Gasteiger partial charge in [0.05, 0.1) is 24.6 Å². The maximum Gasteiger partial charge on any atom is 0.251 e. The maximum atomic E-state index is 13.5. The summed E-state index contributed by atoms with van der Waals surface area (Å²) in [6.07, 6.45) is 3.50. The summed E-state index contributed by atoms with van der Waals surface area (Å²) >= 11 is 0. The summed E-state index contributed by atoms with van der Waals surface area (Å²) < 4.78 is 5.34. The molecule has 0 radical (unpaired) electrons. The third-order valence-corrected chi connectivity index (χ3v) is 8.97. The van der Waals surface area contributed by atoms with Crippen LogP contribution in [0.3, 0.4) is 0 Å². The van der Waals surface area contributed by atoms with E-state index < -0.39 is 23.7 Å². The van der Waals surface area contributed by atoms with Crippen molar-refractivity contribution in [1.29, 1.82) is 5.41 Å². The molecule has 4 N–H and O–H groups in total. The lowest BCUT2D eigenvalue weighted by Gasteiger charge is -2.45. The minimum atomic E-state index is -0.656. The monoisotopic (exact) mass is 518 g/mol. The average molecular weight is 519 g/mol. The fourth-order valence-electron chi connectivity index (χ4n) is 6.37. The van der Waals surface area contributed by atoms with Crippen LogP contribution in [0.25, 0.3) is 0 Å². The topological polar surface area (TPSA) is 115 Å². The molecule has 0 aromatic heterocycles. The smallest absolute Gasteiger partial charge is 0.251 e. The lowest BCUT2D eigenvalue weighted by atomic mass is 9.86. The number of amides is 2. The summed E-state index contributed by atoms with van der Waals surface area (Å²) in [7, 11) is 1.61. The number of methoxy groups -OCH3 is 1. The molecule has 2 amide bonds. The molecule has 2 aromatic rings. The van der Waals surface area contributed by atoms with Crippen molar-refractivity contribution in [2.24, 2.45) is 0 Å². The van der Waals surface area contributed by atoms with Gasteiger partial charge in [-0.25, -0.2) is 0 Å². The second-order valence-corrected chi connectivity index (χ2v) is 11.0. The van der Waals surface area contributed by atoms with Gasteiger partial charge in [-0.3, -0.25) is 19.9 Å². The highest BCUT2D eigenvalue weighted by Crippen LogP contribution is 2.60. The van der Waals surface area contributed by atoms with Crippen LogP contribution in [0.1, 0.15) is 91.5 Å². The third-order valence-electron chi connectivity index (χ3n) is 8.97. The Morgan fingerprint density at radius 3 is 2.61 bits per heavy atom. The predicted molar refractivity (Wildman–Crippen MR) is 145 cm³/mol. The minimum Gasteiger partial charge on any atom is -0.390 e. The molecule has 0 bridgehead atoms. The molecule has 8 heteroatoms. The molecule has 2 aromatic carbocycles.